The maximum absolute atomic E-state index is 12.7. The van der Waals surface area contributed by atoms with E-state index in [1.807, 2.05) is 44.2 Å². The highest BCUT2D eigenvalue weighted by molar-refractivity contribution is 6.34. The van der Waals surface area contributed by atoms with Crippen LogP contribution < -0.4 is 5.48 Å². The third-order valence-corrected chi connectivity index (χ3v) is 5.86. The van der Waals surface area contributed by atoms with Crippen molar-refractivity contribution in [3.63, 3.8) is 0 Å². The zero-order valence-corrected chi connectivity index (χ0v) is 19.9. The molecule has 0 saturated heterocycles. The number of phenols is 2. The van der Waals surface area contributed by atoms with Gasteiger partial charge in [0, 0.05) is 23.7 Å². The van der Waals surface area contributed by atoms with Crippen LogP contribution in [0.4, 0.5) is 0 Å². The molecule has 1 amide bonds. The lowest BCUT2D eigenvalue weighted by molar-refractivity contribution is -0.140. The number of hydrogen-bond donors (Lipinski definition) is 3. The molecule has 1 aromatic rings. The summed E-state index contributed by atoms with van der Waals surface area (Å²) in [5, 5.41) is 20.3. The van der Waals surface area contributed by atoms with Crippen LogP contribution in [0.1, 0.15) is 49.0 Å². The summed E-state index contributed by atoms with van der Waals surface area (Å²) in [7, 11) is 0. The number of carbonyl (C=O) groups excluding carboxylic acids is 2. The average molecular weight is 489 g/mol. The second-order valence-electron chi connectivity index (χ2n) is 8.05. The van der Waals surface area contributed by atoms with Gasteiger partial charge in [0.25, 0.3) is 5.91 Å². The molecule has 34 heavy (non-hydrogen) atoms. The summed E-state index contributed by atoms with van der Waals surface area (Å²) in [6.07, 6.45) is 14.9. The second-order valence-corrected chi connectivity index (χ2v) is 8.43. The number of nitrogens with one attached hydrogen (secondary N) is 1. The highest BCUT2D eigenvalue weighted by Crippen LogP contribution is 2.38. The fourth-order valence-electron chi connectivity index (χ4n) is 3.79. The Hall–Kier alpha value is -3.23. The van der Waals surface area contributed by atoms with Crippen LogP contribution in [-0.4, -0.2) is 52.3 Å². The van der Waals surface area contributed by atoms with E-state index in [1.165, 1.54) is 6.08 Å². The molecule has 2 aliphatic heterocycles. The molecular formula is C25H29ClN2O6. The summed E-state index contributed by atoms with van der Waals surface area (Å²) in [6, 6.07) is 0.953. The van der Waals surface area contributed by atoms with E-state index in [-0.39, 0.29) is 47.4 Å². The van der Waals surface area contributed by atoms with Crippen molar-refractivity contribution in [2.45, 2.75) is 45.2 Å². The minimum atomic E-state index is -0.778. The molecule has 2 unspecified atom stereocenters. The van der Waals surface area contributed by atoms with Crippen molar-refractivity contribution in [3.05, 3.63) is 64.4 Å². The molecule has 1 aromatic carbocycles. The van der Waals surface area contributed by atoms with E-state index >= 15 is 0 Å². The molecule has 3 rings (SSSR count). The second kappa shape index (κ2) is 11.8. The number of amides is 1. The fourth-order valence-corrected chi connectivity index (χ4v) is 3.99. The largest absolute Gasteiger partial charge is 0.507 e. The van der Waals surface area contributed by atoms with Crippen molar-refractivity contribution >= 4 is 29.6 Å². The Morgan fingerprint density at radius 2 is 1.82 bits per heavy atom. The zero-order chi connectivity index (χ0) is 24.7. The number of cyclic esters (lactones) is 1. The number of carbonyl (C=O) groups is 2. The molecule has 9 heteroatoms. The minimum Gasteiger partial charge on any atom is -0.507 e. The van der Waals surface area contributed by atoms with Crippen LogP contribution in [0.5, 0.6) is 11.5 Å². The average Bonchev–Trinajstić information content (AvgIpc) is 3.13. The predicted octanol–water partition coefficient (Wildman–Crippen LogP) is 4.24. The predicted molar refractivity (Wildman–Crippen MR) is 129 cm³/mol. The Labute approximate surface area is 203 Å². The number of phenolic OH excluding ortho intramolecular Hbond substituents is 2. The van der Waals surface area contributed by atoms with E-state index in [0.29, 0.717) is 12.1 Å². The van der Waals surface area contributed by atoms with Gasteiger partial charge in [-0.2, -0.15) is 0 Å². The van der Waals surface area contributed by atoms with E-state index in [1.54, 1.807) is 11.0 Å². The summed E-state index contributed by atoms with van der Waals surface area (Å²) < 4.78 is 5.27. The van der Waals surface area contributed by atoms with Crippen molar-refractivity contribution in [1.82, 2.24) is 10.4 Å². The number of hydrogen-bond acceptors (Lipinski definition) is 7. The molecule has 0 aromatic heterocycles. The standard InChI is InChI=1S/C25H29ClN2O6/c1-16-10-11-17(2)28(16)22(31)15-34-27-18-9-7-5-3-4-6-8-12-33-25(32)23-19(13-18)24(26)21(30)14-20(23)29/h4,6-7,9-11,13-14,16-17,27,29-30H,3,5,8,12,15H2,1-2H3/b6-4?,9-7?,18-13-. The molecule has 182 valence electrons. The summed E-state index contributed by atoms with van der Waals surface area (Å²) in [5.41, 5.74) is 2.96. The summed E-state index contributed by atoms with van der Waals surface area (Å²) >= 11 is 6.28. The number of halogens is 1. The SMILES string of the molecule is CC1C=CC(C)N1C(=O)CON/C1=C\c2c(Cl)c(O)cc(O)c2C(=O)OCCC=CCCC=C1. The molecule has 0 spiro atoms. The van der Waals surface area contributed by atoms with Gasteiger partial charge in [0.1, 0.15) is 17.1 Å². The van der Waals surface area contributed by atoms with Crippen LogP contribution >= 0.6 is 11.6 Å². The highest BCUT2D eigenvalue weighted by atomic mass is 35.5. The quantitative estimate of drug-likeness (QED) is 0.330. The molecule has 0 bridgehead atoms. The van der Waals surface area contributed by atoms with E-state index in [4.69, 9.17) is 21.2 Å². The van der Waals surface area contributed by atoms with Gasteiger partial charge < -0.3 is 19.8 Å². The number of hydroxylamine groups is 1. The van der Waals surface area contributed by atoms with E-state index in [9.17, 15) is 19.8 Å². The zero-order valence-electron chi connectivity index (χ0n) is 19.2. The van der Waals surface area contributed by atoms with Gasteiger partial charge >= 0.3 is 5.97 Å². The van der Waals surface area contributed by atoms with Gasteiger partial charge in [-0.25, -0.2) is 4.79 Å². The number of fused-ring (bicyclic) bond motifs is 1. The van der Waals surface area contributed by atoms with Crippen LogP contribution in [0.15, 0.2) is 48.2 Å². The van der Waals surface area contributed by atoms with Gasteiger partial charge in [0.15, 0.2) is 6.61 Å². The Kier molecular flexibility index (Phi) is 8.79. The van der Waals surface area contributed by atoms with Crippen LogP contribution in [0.2, 0.25) is 5.02 Å². The summed E-state index contributed by atoms with van der Waals surface area (Å²) in [6.45, 7) is 3.77. The Bertz CT molecular complexity index is 1030. The monoisotopic (exact) mass is 488 g/mol. The number of rotatable bonds is 4. The van der Waals surface area contributed by atoms with E-state index in [2.05, 4.69) is 5.48 Å². The number of nitrogens with zero attached hydrogens (tertiary/aromatic N) is 1. The molecule has 3 N–H and O–H groups in total. The first-order valence-corrected chi connectivity index (χ1v) is 11.5. The van der Waals surface area contributed by atoms with Crippen LogP contribution in [0.25, 0.3) is 6.08 Å². The van der Waals surface area contributed by atoms with E-state index < -0.39 is 17.5 Å². The maximum atomic E-state index is 12.7. The Morgan fingerprint density at radius 1 is 1.15 bits per heavy atom. The first kappa shape index (κ1) is 25.4. The molecule has 0 aliphatic carbocycles. The molecule has 2 atom stereocenters. The summed E-state index contributed by atoms with van der Waals surface area (Å²) in [4.78, 5) is 32.5. The Morgan fingerprint density at radius 3 is 2.56 bits per heavy atom. The molecule has 2 heterocycles. The normalized spacial score (nSPS) is 22.5. The fraction of sp³-hybridized carbons (Fsp3) is 0.360. The lowest BCUT2D eigenvalue weighted by Gasteiger charge is -2.26. The molecule has 0 saturated carbocycles. The number of esters is 1. The molecular weight excluding hydrogens is 460 g/mol. The highest BCUT2D eigenvalue weighted by Gasteiger charge is 2.27. The van der Waals surface area contributed by atoms with Crippen molar-refractivity contribution in [2.75, 3.05) is 13.2 Å². The van der Waals surface area contributed by atoms with Crippen LogP contribution in [0.3, 0.4) is 0 Å². The van der Waals surface area contributed by atoms with Gasteiger partial charge in [0.2, 0.25) is 0 Å². The number of ether oxygens (including phenoxy) is 1. The lowest BCUT2D eigenvalue weighted by Crippen LogP contribution is -2.42. The maximum Gasteiger partial charge on any atom is 0.342 e. The van der Waals surface area contributed by atoms with Crippen LogP contribution in [0, 0.1) is 0 Å². The lowest BCUT2D eigenvalue weighted by atomic mass is 10.0. The van der Waals surface area contributed by atoms with Crippen molar-refractivity contribution < 1.29 is 29.4 Å². The summed E-state index contributed by atoms with van der Waals surface area (Å²) in [5.74, 6) is -1.83. The topological polar surface area (TPSA) is 108 Å². The third-order valence-electron chi connectivity index (χ3n) is 5.47. The van der Waals surface area contributed by atoms with Gasteiger partial charge in [-0.1, -0.05) is 42.0 Å². The number of allylic oxidation sites excluding steroid dienone is 3. The molecule has 8 nitrogen and oxygen atoms in total. The number of aromatic hydroxyl groups is 2. The Balaban J connectivity index is 1.87. The third kappa shape index (κ3) is 6.21. The molecule has 2 aliphatic rings. The molecule has 0 radical (unpaired) electrons. The van der Waals surface area contributed by atoms with Crippen molar-refractivity contribution in [3.8, 4) is 11.5 Å². The van der Waals surface area contributed by atoms with Crippen molar-refractivity contribution in [2.24, 2.45) is 0 Å². The molecule has 0 fully saturated rings. The van der Waals surface area contributed by atoms with Crippen LogP contribution in [-0.2, 0) is 14.4 Å². The van der Waals surface area contributed by atoms with E-state index in [0.717, 1.165) is 18.9 Å². The van der Waals surface area contributed by atoms with Gasteiger partial charge in [-0.05, 0) is 45.3 Å². The first-order chi connectivity index (χ1) is 16.3. The first-order valence-electron chi connectivity index (χ1n) is 11.1. The van der Waals surface area contributed by atoms with Gasteiger partial charge in [-0.3, -0.25) is 15.1 Å². The van der Waals surface area contributed by atoms with Gasteiger partial charge in [0.05, 0.1) is 17.3 Å². The van der Waals surface area contributed by atoms with Gasteiger partial charge in [-0.15, -0.1) is 0 Å². The van der Waals surface area contributed by atoms with Crippen molar-refractivity contribution in [1.29, 1.82) is 0 Å². The number of benzene rings is 1. The minimum absolute atomic E-state index is 0.0183. The smallest absolute Gasteiger partial charge is 0.342 e.